The van der Waals surface area contributed by atoms with Crippen molar-refractivity contribution in [2.24, 2.45) is 11.8 Å². The van der Waals surface area contributed by atoms with Crippen LogP contribution in [0.3, 0.4) is 0 Å². The summed E-state index contributed by atoms with van der Waals surface area (Å²) in [6.07, 6.45) is 0.873. The third kappa shape index (κ3) is 5.38. The van der Waals surface area contributed by atoms with Crippen molar-refractivity contribution < 1.29 is 9.59 Å². The molecule has 0 saturated carbocycles. The van der Waals surface area contributed by atoms with Gasteiger partial charge in [-0.05, 0) is 42.5 Å². The highest BCUT2D eigenvalue weighted by atomic mass is 35.5. The van der Waals surface area contributed by atoms with E-state index in [0.717, 1.165) is 6.42 Å². The Morgan fingerprint density at radius 2 is 1.84 bits per heavy atom. The van der Waals surface area contributed by atoms with Gasteiger partial charge in [-0.2, -0.15) is 0 Å². The Labute approximate surface area is 159 Å². The highest BCUT2D eigenvalue weighted by Crippen LogP contribution is 2.34. The number of thioether (sulfide) groups is 1. The van der Waals surface area contributed by atoms with E-state index in [1.165, 1.54) is 0 Å². The van der Waals surface area contributed by atoms with Crippen LogP contribution in [0.1, 0.15) is 44.5 Å². The molecule has 1 aromatic carbocycles. The molecule has 2 rings (SSSR count). The molecule has 1 N–H and O–H groups in total. The molecule has 0 spiro atoms. The smallest absolute Gasteiger partial charge is 0.255 e. The SMILES string of the molecule is CC(C)CNC(=O)C1CSC(CC(C)C)N1C(=O)c1ccc(Cl)cc1. The molecule has 0 aromatic heterocycles. The minimum absolute atomic E-state index is 0.0259. The second kappa shape index (κ2) is 8.95. The van der Waals surface area contributed by atoms with Gasteiger partial charge in [0.2, 0.25) is 5.91 Å². The molecule has 1 aliphatic heterocycles. The zero-order chi connectivity index (χ0) is 18.6. The van der Waals surface area contributed by atoms with Crippen molar-refractivity contribution in [3.05, 3.63) is 34.9 Å². The maximum absolute atomic E-state index is 13.1. The predicted molar refractivity (Wildman–Crippen MR) is 105 cm³/mol. The lowest BCUT2D eigenvalue weighted by molar-refractivity contribution is -0.125. The predicted octanol–water partition coefficient (Wildman–Crippen LogP) is 4.04. The molecule has 1 heterocycles. The molecule has 6 heteroatoms. The van der Waals surface area contributed by atoms with Crippen molar-refractivity contribution in [2.75, 3.05) is 12.3 Å². The normalized spacial score (nSPS) is 20.4. The first-order valence-corrected chi connectivity index (χ1v) is 10.2. The summed E-state index contributed by atoms with van der Waals surface area (Å²) in [6, 6.07) is 6.45. The molecule has 1 fully saturated rings. The number of amides is 2. The average molecular weight is 383 g/mol. The van der Waals surface area contributed by atoms with Gasteiger partial charge in [0.25, 0.3) is 5.91 Å². The molecule has 1 aromatic rings. The third-order valence-corrected chi connectivity index (χ3v) is 5.64. The Balaban J connectivity index is 2.22. The Hall–Kier alpha value is -1.20. The Morgan fingerprint density at radius 1 is 1.20 bits per heavy atom. The summed E-state index contributed by atoms with van der Waals surface area (Å²) < 4.78 is 0. The summed E-state index contributed by atoms with van der Waals surface area (Å²) >= 11 is 7.62. The van der Waals surface area contributed by atoms with Gasteiger partial charge in [0.15, 0.2) is 0 Å². The van der Waals surface area contributed by atoms with Crippen molar-refractivity contribution in [2.45, 2.75) is 45.5 Å². The number of benzene rings is 1. The lowest BCUT2D eigenvalue weighted by atomic mass is 10.1. The van der Waals surface area contributed by atoms with Gasteiger partial charge in [-0.25, -0.2) is 0 Å². The molecular formula is C19H27ClN2O2S. The lowest BCUT2D eigenvalue weighted by Gasteiger charge is -2.30. The van der Waals surface area contributed by atoms with Crippen LogP contribution in [0.15, 0.2) is 24.3 Å². The number of hydrogen-bond donors (Lipinski definition) is 1. The van der Waals surface area contributed by atoms with Crippen molar-refractivity contribution in [3.63, 3.8) is 0 Å². The fraction of sp³-hybridized carbons (Fsp3) is 0.579. The van der Waals surface area contributed by atoms with Gasteiger partial charge < -0.3 is 10.2 Å². The van der Waals surface area contributed by atoms with Gasteiger partial charge in [0.05, 0.1) is 5.37 Å². The standard InChI is InChI=1S/C19H27ClN2O2S/c1-12(2)9-17-22(19(24)14-5-7-15(20)8-6-14)16(11-25-17)18(23)21-10-13(3)4/h5-8,12-13,16-17H,9-11H2,1-4H3,(H,21,23). The van der Waals surface area contributed by atoms with Crippen LogP contribution < -0.4 is 5.32 Å². The highest BCUT2D eigenvalue weighted by molar-refractivity contribution is 8.00. The Bertz CT molecular complexity index is 604. The van der Waals surface area contributed by atoms with Gasteiger partial charge in [-0.15, -0.1) is 11.8 Å². The Morgan fingerprint density at radius 3 is 2.40 bits per heavy atom. The van der Waals surface area contributed by atoms with Gasteiger partial charge in [-0.3, -0.25) is 9.59 Å². The van der Waals surface area contributed by atoms with Gasteiger partial charge >= 0.3 is 0 Å². The van der Waals surface area contributed by atoms with Crippen LogP contribution in [-0.2, 0) is 4.79 Å². The number of carbonyl (C=O) groups excluding carboxylic acids is 2. The molecule has 0 radical (unpaired) electrons. The maximum atomic E-state index is 13.1. The summed E-state index contributed by atoms with van der Waals surface area (Å²) in [4.78, 5) is 27.5. The van der Waals surface area contributed by atoms with Gasteiger partial charge in [-0.1, -0.05) is 39.3 Å². The van der Waals surface area contributed by atoms with Crippen LogP contribution in [-0.4, -0.2) is 40.4 Å². The van der Waals surface area contributed by atoms with Crippen molar-refractivity contribution in [3.8, 4) is 0 Å². The number of nitrogens with zero attached hydrogens (tertiary/aromatic N) is 1. The molecule has 138 valence electrons. The zero-order valence-electron chi connectivity index (χ0n) is 15.3. The zero-order valence-corrected chi connectivity index (χ0v) is 16.9. The second-order valence-electron chi connectivity index (χ2n) is 7.29. The van der Waals surface area contributed by atoms with Crippen LogP contribution in [0.4, 0.5) is 0 Å². The van der Waals surface area contributed by atoms with E-state index >= 15 is 0 Å². The summed E-state index contributed by atoms with van der Waals surface area (Å²) in [5, 5.41) is 3.60. The number of hydrogen-bond acceptors (Lipinski definition) is 3. The van der Waals surface area contributed by atoms with Crippen LogP contribution in [0, 0.1) is 11.8 Å². The highest BCUT2D eigenvalue weighted by Gasteiger charge is 2.41. The largest absolute Gasteiger partial charge is 0.354 e. The second-order valence-corrected chi connectivity index (χ2v) is 8.94. The topological polar surface area (TPSA) is 49.4 Å². The van der Waals surface area contributed by atoms with E-state index in [0.29, 0.717) is 34.7 Å². The van der Waals surface area contributed by atoms with Gasteiger partial charge in [0.1, 0.15) is 6.04 Å². The summed E-state index contributed by atoms with van der Waals surface area (Å²) in [5.74, 6) is 1.31. The minimum atomic E-state index is -0.421. The molecule has 0 bridgehead atoms. The first-order chi connectivity index (χ1) is 11.8. The van der Waals surface area contributed by atoms with E-state index in [1.54, 1.807) is 40.9 Å². The summed E-state index contributed by atoms with van der Waals surface area (Å²) in [7, 11) is 0. The van der Waals surface area contributed by atoms with E-state index in [9.17, 15) is 9.59 Å². The van der Waals surface area contributed by atoms with E-state index in [2.05, 4.69) is 33.0 Å². The molecule has 4 nitrogen and oxygen atoms in total. The van der Waals surface area contributed by atoms with Crippen molar-refractivity contribution >= 4 is 35.2 Å². The first-order valence-electron chi connectivity index (χ1n) is 8.77. The number of rotatable bonds is 6. The van der Waals surface area contributed by atoms with Crippen molar-refractivity contribution in [1.29, 1.82) is 0 Å². The van der Waals surface area contributed by atoms with E-state index in [-0.39, 0.29) is 17.2 Å². The number of nitrogens with one attached hydrogen (secondary N) is 1. The average Bonchev–Trinajstić information content (AvgIpc) is 2.95. The minimum Gasteiger partial charge on any atom is -0.354 e. The van der Waals surface area contributed by atoms with E-state index < -0.39 is 6.04 Å². The molecule has 2 atom stereocenters. The third-order valence-electron chi connectivity index (χ3n) is 4.08. The number of carbonyl (C=O) groups is 2. The van der Waals surface area contributed by atoms with E-state index in [1.807, 2.05) is 0 Å². The van der Waals surface area contributed by atoms with Crippen LogP contribution in [0.25, 0.3) is 0 Å². The summed E-state index contributed by atoms with van der Waals surface area (Å²) in [5.41, 5.74) is 0.572. The maximum Gasteiger partial charge on any atom is 0.255 e. The monoisotopic (exact) mass is 382 g/mol. The molecule has 0 aliphatic carbocycles. The molecule has 2 unspecified atom stereocenters. The molecule has 1 saturated heterocycles. The molecular weight excluding hydrogens is 356 g/mol. The quantitative estimate of drug-likeness (QED) is 0.807. The van der Waals surface area contributed by atoms with Crippen LogP contribution in [0.5, 0.6) is 0 Å². The fourth-order valence-corrected chi connectivity index (χ4v) is 4.55. The first kappa shape index (κ1) is 20.1. The molecule has 2 amide bonds. The fourth-order valence-electron chi connectivity index (χ4n) is 2.79. The van der Waals surface area contributed by atoms with Crippen LogP contribution in [0.2, 0.25) is 5.02 Å². The summed E-state index contributed by atoms with van der Waals surface area (Å²) in [6.45, 7) is 9.01. The number of halogens is 1. The molecule has 1 aliphatic rings. The molecule has 25 heavy (non-hydrogen) atoms. The van der Waals surface area contributed by atoms with Crippen LogP contribution >= 0.6 is 23.4 Å². The van der Waals surface area contributed by atoms with Gasteiger partial charge in [0, 0.05) is 22.9 Å². The Kier molecular flexibility index (Phi) is 7.20. The van der Waals surface area contributed by atoms with E-state index in [4.69, 9.17) is 11.6 Å². The lowest BCUT2D eigenvalue weighted by Crippen LogP contribution is -2.50. The van der Waals surface area contributed by atoms with Crippen molar-refractivity contribution in [1.82, 2.24) is 10.2 Å².